The first-order valence-corrected chi connectivity index (χ1v) is 6.87. The average Bonchev–Trinajstić information content (AvgIpc) is 2.31. The second kappa shape index (κ2) is 9.83. The van der Waals surface area contributed by atoms with Gasteiger partial charge in [0.1, 0.15) is 0 Å². The van der Waals surface area contributed by atoms with Crippen molar-refractivity contribution in [2.75, 3.05) is 6.61 Å². The fourth-order valence-corrected chi connectivity index (χ4v) is 2.11. The van der Waals surface area contributed by atoms with Crippen molar-refractivity contribution >= 4 is 5.71 Å². The van der Waals surface area contributed by atoms with E-state index < -0.39 is 0 Å². The number of unbranched alkanes of at least 4 members (excludes halogenated alkanes) is 1. The van der Waals surface area contributed by atoms with Crippen LogP contribution in [0.25, 0.3) is 0 Å². The Bertz CT molecular complexity index is 176. The highest BCUT2D eigenvalue weighted by molar-refractivity contribution is 5.84. The molecular weight excluding hydrogens is 198 g/mol. The maximum absolute atomic E-state index is 9.17. The summed E-state index contributed by atoms with van der Waals surface area (Å²) in [6, 6.07) is 0. The predicted molar refractivity (Wildman–Crippen MR) is 71.1 cm³/mol. The fraction of sp³-hybridized carbons (Fsp3) is 0.929. The van der Waals surface area contributed by atoms with Gasteiger partial charge >= 0.3 is 0 Å². The lowest BCUT2D eigenvalue weighted by Gasteiger charge is -2.20. The van der Waals surface area contributed by atoms with E-state index in [1.54, 1.807) is 0 Å². The molecule has 16 heavy (non-hydrogen) atoms. The fourth-order valence-electron chi connectivity index (χ4n) is 2.11. The van der Waals surface area contributed by atoms with Crippen molar-refractivity contribution in [3.63, 3.8) is 0 Å². The topological polar surface area (TPSA) is 44.1 Å². The summed E-state index contributed by atoms with van der Waals surface area (Å²) in [6.07, 6.45) is 7.67. The van der Waals surface area contributed by atoms with Crippen molar-refractivity contribution in [1.82, 2.24) is 0 Å². The van der Waals surface area contributed by atoms with Crippen LogP contribution in [0.15, 0.2) is 0 Å². The van der Waals surface area contributed by atoms with Gasteiger partial charge in [0.05, 0.1) is 0 Å². The van der Waals surface area contributed by atoms with Gasteiger partial charge in [-0.2, -0.15) is 0 Å². The third-order valence-corrected chi connectivity index (χ3v) is 3.38. The molecule has 0 aliphatic rings. The molecule has 0 aliphatic carbocycles. The minimum absolute atomic E-state index is 0.228. The van der Waals surface area contributed by atoms with Gasteiger partial charge in [-0.15, -0.1) is 0 Å². The summed E-state index contributed by atoms with van der Waals surface area (Å²) in [7, 11) is 0. The first-order chi connectivity index (χ1) is 7.69. The van der Waals surface area contributed by atoms with Gasteiger partial charge in [-0.1, -0.05) is 46.5 Å². The summed E-state index contributed by atoms with van der Waals surface area (Å²) >= 11 is 0. The lowest BCUT2D eigenvalue weighted by molar-refractivity contribution is 0.225. The summed E-state index contributed by atoms with van der Waals surface area (Å²) in [5, 5.41) is 17.3. The number of aliphatic hydroxyl groups is 1. The first-order valence-electron chi connectivity index (χ1n) is 6.87. The highest BCUT2D eigenvalue weighted by Crippen LogP contribution is 2.21. The molecular formula is C14H29NO. The van der Waals surface area contributed by atoms with Gasteiger partial charge in [-0.3, -0.25) is 0 Å². The summed E-state index contributed by atoms with van der Waals surface area (Å²) in [4.78, 5) is 0. The van der Waals surface area contributed by atoms with E-state index in [4.69, 9.17) is 10.5 Å². The van der Waals surface area contributed by atoms with Gasteiger partial charge in [0.15, 0.2) is 0 Å². The summed E-state index contributed by atoms with van der Waals surface area (Å²) in [6.45, 7) is 6.71. The van der Waals surface area contributed by atoms with Crippen LogP contribution >= 0.6 is 0 Å². The summed E-state index contributed by atoms with van der Waals surface area (Å²) < 4.78 is 0. The number of hydrogen-bond acceptors (Lipinski definition) is 2. The third-order valence-electron chi connectivity index (χ3n) is 3.38. The van der Waals surface area contributed by atoms with Crippen molar-refractivity contribution in [2.45, 2.75) is 65.7 Å². The Balaban J connectivity index is 4.13. The van der Waals surface area contributed by atoms with Gasteiger partial charge in [0, 0.05) is 12.3 Å². The molecule has 0 bridgehead atoms. The van der Waals surface area contributed by atoms with Crippen LogP contribution in [0.5, 0.6) is 0 Å². The molecule has 2 heteroatoms. The molecule has 0 rings (SSSR count). The SMILES string of the molecule is CCCCC(CCC)C(=N)CC(CC)CO. The van der Waals surface area contributed by atoms with Crippen LogP contribution in [0.3, 0.4) is 0 Å². The Hall–Kier alpha value is -0.370. The van der Waals surface area contributed by atoms with Crippen molar-refractivity contribution in [1.29, 1.82) is 5.41 Å². The molecule has 0 heterocycles. The van der Waals surface area contributed by atoms with Gasteiger partial charge in [0.2, 0.25) is 0 Å². The Morgan fingerprint density at radius 2 is 1.81 bits per heavy atom. The second-order valence-corrected chi connectivity index (χ2v) is 4.81. The van der Waals surface area contributed by atoms with E-state index in [9.17, 15) is 0 Å². The Morgan fingerprint density at radius 1 is 1.12 bits per heavy atom. The molecule has 0 aromatic rings. The normalized spacial score (nSPS) is 14.8. The number of rotatable bonds is 10. The largest absolute Gasteiger partial charge is 0.396 e. The lowest BCUT2D eigenvalue weighted by atomic mass is 9.86. The van der Waals surface area contributed by atoms with Gasteiger partial charge in [-0.05, 0) is 31.1 Å². The van der Waals surface area contributed by atoms with E-state index in [1.165, 1.54) is 12.8 Å². The van der Waals surface area contributed by atoms with Crippen LogP contribution in [0.4, 0.5) is 0 Å². The van der Waals surface area contributed by atoms with E-state index in [0.29, 0.717) is 11.8 Å². The average molecular weight is 227 g/mol. The molecule has 2 nitrogen and oxygen atoms in total. The molecule has 0 radical (unpaired) electrons. The van der Waals surface area contributed by atoms with Gasteiger partial charge in [0.25, 0.3) is 0 Å². The Kier molecular flexibility index (Phi) is 9.60. The summed E-state index contributed by atoms with van der Waals surface area (Å²) in [5.74, 6) is 0.763. The van der Waals surface area contributed by atoms with Crippen molar-refractivity contribution < 1.29 is 5.11 Å². The van der Waals surface area contributed by atoms with Crippen LogP contribution in [0, 0.1) is 17.2 Å². The van der Waals surface area contributed by atoms with E-state index in [-0.39, 0.29) is 6.61 Å². The minimum Gasteiger partial charge on any atom is -0.396 e. The molecule has 0 spiro atoms. The van der Waals surface area contributed by atoms with Crippen LogP contribution in [0.1, 0.15) is 65.7 Å². The smallest absolute Gasteiger partial charge is 0.0462 e. The molecule has 0 aromatic heterocycles. The van der Waals surface area contributed by atoms with E-state index in [1.807, 2.05) is 0 Å². The zero-order chi connectivity index (χ0) is 12.4. The highest BCUT2D eigenvalue weighted by atomic mass is 16.3. The maximum Gasteiger partial charge on any atom is 0.0462 e. The first kappa shape index (κ1) is 15.6. The Labute approximate surface area is 101 Å². The molecule has 2 unspecified atom stereocenters. The van der Waals surface area contributed by atoms with E-state index in [0.717, 1.165) is 37.8 Å². The zero-order valence-corrected chi connectivity index (χ0v) is 11.3. The van der Waals surface area contributed by atoms with Crippen LogP contribution < -0.4 is 0 Å². The number of hydrogen-bond donors (Lipinski definition) is 2. The molecule has 0 fully saturated rings. The van der Waals surface area contributed by atoms with Crippen molar-refractivity contribution in [3.05, 3.63) is 0 Å². The molecule has 0 saturated heterocycles. The van der Waals surface area contributed by atoms with Gasteiger partial charge < -0.3 is 10.5 Å². The molecule has 0 saturated carbocycles. The highest BCUT2D eigenvalue weighted by Gasteiger charge is 2.16. The molecule has 2 atom stereocenters. The molecule has 96 valence electrons. The summed E-state index contributed by atoms with van der Waals surface area (Å²) in [5.41, 5.74) is 0.871. The third kappa shape index (κ3) is 6.26. The molecule has 2 N–H and O–H groups in total. The van der Waals surface area contributed by atoms with Crippen molar-refractivity contribution in [3.8, 4) is 0 Å². The predicted octanol–water partition coefficient (Wildman–Crippen LogP) is 4.02. The van der Waals surface area contributed by atoms with Crippen LogP contribution in [-0.2, 0) is 0 Å². The minimum atomic E-state index is 0.228. The van der Waals surface area contributed by atoms with Gasteiger partial charge in [-0.25, -0.2) is 0 Å². The van der Waals surface area contributed by atoms with Crippen LogP contribution in [0.2, 0.25) is 0 Å². The number of aliphatic hydroxyl groups excluding tert-OH is 1. The zero-order valence-electron chi connectivity index (χ0n) is 11.3. The lowest BCUT2D eigenvalue weighted by Crippen LogP contribution is -2.19. The molecule has 0 aromatic carbocycles. The maximum atomic E-state index is 9.17. The number of nitrogens with one attached hydrogen (secondary N) is 1. The second-order valence-electron chi connectivity index (χ2n) is 4.81. The quantitative estimate of drug-likeness (QED) is 0.544. The van der Waals surface area contributed by atoms with E-state index >= 15 is 0 Å². The molecule has 0 aliphatic heterocycles. The monoisotopic (exact) mass is 227 g/mol. The molecule has 0 amide bonds. The van der Waals surface area contributed by atoms with E-state index in [2.05, 4.69) is 20.8 Å². The van der Waals surface area contributed by atoms with Crippen molar-refractivity contribution in [2.24, 2.45) is 11.8 Å². The van der Waals surface area contributed by atoms with Crippen LogP contribution in [-0.4, -0.2) is 17.4 Å². The Morgan fingerprint density at radius 3 is 2.25 bits per heavy atom. The standard InChI is InChI=1S/C14H29NO/c1-4-7-9-13(8-5-2)14(15)10-12(6-3)11-16/h12-13,15-16H,4-11H2,1-3H3.